The maximum absolute atomic E-state index is 14.5. The first-order chi connectivity index (χ1) is 14.5. The van der Waals surface area contributed by atoms with Gasteiger partial charge in [-0.2, -0.15) is 5.26 Å². The number of ether oxygens (including phenoxy) is 1. The smallest absolute Gasteiger partial charge is 0.228 e. The van der Waals surface area contributed by atoms with Crippen molar-refractivity contribution in [2.45, 2.75) is 31.7 Å². The minimum atomic E-state index is -0.694. The highest BCUT2D eigenvalue weighted by Gasteiger charge is 2.44. The molecule has 2 aliphatic rings. The fourth-order valence-electron chi connectivity index (χ4n) is 2.71. The predicted octanol–water partition coefficient (Wildman–Crippen LogP) is 3.55. The SMILES string of the molecule is N#CC1(COc2ccc(-c3nc(NC(C=NC4CC4)=CN)ncc3F)cc2F)CC1. The summed E-state index contributed by atoms with van der Waals surface area (Å²) in [4.78, 5) is 12.4. The summed E-state index contributed by atoms with van der Waals surface area (Å²) in [5.41, 5.74) is 5.71. The molecule has 1 aromatic carbocycles. The average Bonchev–Trinajstić information content (AvgIpc) is 3.67. The molecular weight excluding hydrogens is 390 g/mol. The number of halogens is 2. The van der Waals surface area contributed by atoms with Gasteiger partial charge in [0.1, 0.15) is 12.3 Å². The van der Waals surface area contributed by atoms with E-state index in [0.717, 1.165) is 37.9 Å². The summed E-state index contributed by atoms with van der Waals surface area (Å²) in [5, 5.41) is 12.0. The summed E-state index contributed by atoms with van der Waals surface area (Å²) in [6, 6.07) is 6.56. The van der Waals surface area contributed by atoms with E-state index in [2.05, 4.69) is 26.3 Å². The van der Waals surface area contributed by atoms with E-state index in [4.69, 9.17) is 15.7 Å². The lowest BCUT2D eigenvalue weighted by atomic mass is 10.1. The molecule has 1 aromatic heterocycles. The number of benzene rings is 1. The Bertz CT molecular complexity index is 1050. The van der Waals surface area contributed by atoms with Gasteiger partial charge in [0, 0.05) is 18.0 Å². The van der Waals surface area contributed by atoms with Crippen LogP contribution in [-0.2, 0) is 0 Å². The number of nitrogens with one attached hydrogen (secondary N) is 1. The van der Waals surface area contributed by atoms with E-state index < -0.39 is 17.0 Å². The van der Waals surface area contributed by atoms with Crippen molar-refractivity contribution in [3.05, 3.63) is 47.9 Å². The number of nitriles is 1. The molecule has 4 rings (SSSR count). The lowest BCUT2D eigenvalue weighted by Gasteiger charge is -2.12. The quantitative estimate of drug-likeness (QED) is 0.644. The summed E-state index contributed by atoms with van der Waals surface area (Å²) in [5.74, 6) is -1.23. The minimum absolute atomic E-state index is 0.0118. The molecule has 9 heteroatoms. The number of nitrogens with two attached hydrogens (primary N) is 1. The Labute approximate surface area is 172 Å². The van der Waals surface area contributed by atoms with Crippen LogP contribution < -0.4 is 15.8 Å². The Morgan fingerprint density at radius 3 is 2.80 bits per heavy atom. The van der Waals surface area contributed by atoms with Crippen molar-refractivity contribution in [1.29, 1.82) is 5.26 Å². The molecule has 2 aliphatic carbocycles. The number of nitrogens with zero attached hydrogens (tertiary/aromatic N) is 4. The second-order valence-corrected chi connectivity index (χ2v) is 7.47. The largest absolute Gasteiger partial charge is 0.489 e. The average molecular weight is 410 g/mol. The van der Waals surface area contributed by atoms with E-state index in [-0.39, 0.29) is 29.6 Å². The molecule has 0 bridgehead atoms. The Morgan fingerprint density at radius 2 is 2.17 bits per heavy atom. The van der Waals surface area contributed by atoms with Crippen molar-refractivity contribution in [2.24, 2.45) is 16.1 Å². The van der Waals surface area contributed by atoms with Gasteiger partial charge < -0.3 is 15.8 Å². The summed E-state index contributed by atoms with van der Waals surface area (Å²) in [6.45, 7) is 0.131. The molecule has 0 atom stereocenters. The number of anilines is 1. The molecule has 7 nitrogen and oxygen atoms in total. The highest BCUT2D eigenvalue weighted by Crippen LogP contribution is 2.45. The van der Waals surface area contributed by atoms with E-state index in [1.165, 1.54) is 18.3 Å². The Hall–Kier alpha value is -3.54. The lowest BCUT2D eigenvalue weighted by molar-refractivity contribution is 0.257. The number of allylic oxidation sites excluding steroid dienone is 1. The molecule has 0 aliphatic heterocycles. The fourth-order valence-corrected chi connectivity index (χ4v) is 2.71. The van der Waals surface area contributed by atoms with Crippen molar-refractivity contribution in [3.63, 3.8) is 0 Å². The number of hydrogen-bond acceptors (Lipinski definition) is 7. The van der Waals surface area contributed by atoms with Gasteiger partial charge in [-0.25, -0.2) is 18.7 Å². The molecule has 0 spiro atoms. The minimum Gasteiger partial charge on any atom is -0.489 e. The number of aliphatic imine (C=N–C) groups is 1. The molecule has 3 N–H and O–H groups in total. The van der Waals surface area contributed by atoms with Crippen molar-refractivity contribution in [3.8, 4) is 23.1 Å². The molecule has 1 heterocycles. The molecule has 0 radical (unpaired) electrons. The van der Waals surface area contributed by atoms with Gasteiger partial charge in [0.2, 0.25) is 5.95 Å². The first-order valence-corrected chi connectivity index (χ1v) is 9.60. The van der Waals surface area contributed by atoms with Gasteiger partial charge in [-0.05, 0) is 43.9 Å². The van der Waals surface area contributed by atoms with Gasteiger partial charge in [-0.15, -0.1) is 0 Å². The zero-order chi connectivity index (χ0) is 21.1. The van der Waals surface area contributed by atoms with Crippen LogP contribution >= 0.6 is 0 Å². The lowest BCUT2D eigenvalue weighted by Crippen LogP contribution is -2.11. The van der Waals surface area contributed by atoms with Crippen LogP contribution in [0.4, 0.5) is 14.7 Å². The van der Waals surface area contributed by atoms with Crippen LogP contribution in [0.2, 0.25) is 0 Å². The molecule has 0 amide bonds. The van der Waals surface area contributed by atoms with Crippen LogP contribution in [0.3, 0.4) is 0 Å². The van der Waals surface area contributed by atoms with Crippen LogP contribution in [-0.4, -0.2) is 28.8 Å². The standard InChI is InChI=1S/C21H20F2N6O/c22-16-7-13(1-4-18(16)30-12-21(11-25)5-6-21)19-17(23)10-27-20(29-19)28-15(8-24)9-26-14-2-3-14/h1,4,7-10,14H,2-3,5-6,12,24H2,(H,27,28,29). The van der Waals surface area contributed by atoms with E-state index in [1.807, 2.05) is 0 Å². The normalized spacial score (nSPS) is 17.6. The topological polar surface area (TPSA) is 109 Å². The van der Waals surface area contributed by atoms with E-state index in [9.17, 15) is 8.78 Å². The Kier molecular flexibility index (Phi) is 5.31. The Balaban J connectivity index is 1.50. The van der Waals surface area contributed by atoms with Gasteiger partial charge in [-0.1, -0.05) is 0 Å². The number of aromatic nitrogens is 2. The maximum atomic E-state index is 14.5. The molecule has 2 saturated carbocycles. The first kappa shape index (κ1) is 19.8. The number of rotatable bonds is 8. The molecule has 0 saturated heterocycles. The van der Waals surface area contributed by atoms with Crippen molar-refractivity contribution >= 4 is 12.2 Å². The second-order valence-electron chi connectivity index (χ2n) is 7.47. The molecule has 2 aromatic rings. The Morgan fingerprint density at radius 1 is 1.37 bits per heavy atom. The molecule has 2 fully saturated rings. The molecule has 30 heavy (non-hydrogen) atoms. The van der Waals surface area contributed by atoms with E-state index >= 15 is 0 Å². The highest BCUT2D eigenvalue weighted by atomic mass is 19.1. The monoisotopic (exact) mass is 410 g/mol. The predicted molar refractivity (Wildman–Crippen MR) is 108 cm³/mol. The third kappa shape index (κ3) is 4.54. The van der Waals surface area contributed by atoms with Crippen LogP contribution in [0.15, 0.2) is 41.3 Å². The third-order valence-corrected chi connectivity index (χ3v) is 4.95. The first-order valence-electron chi connectivity index (χ1n) is 9.60. The van der Waals surface area contributed by atoms with Crippen LogP contribution in [0.1, 0.15) is 25.7 Å². The maximum Gasteiger partial charge on any atom is 0.228 e. The van der Waals surface area contributed by atoms with Crippen molar-refractivity contribution < 1.29 is 13.5 Å². The fraction of sp³-hybridized carbons (Fsp3) is 0.333. The summed E-state index contributed by atoms with van der Waals surface area (Å²) >= 11 is 0. The van der Waals surface area contributed by atoms with Crippen molar-refractivity contribution in [2.75, 3.05) is 11.9 Å². The highest BCUT2D eigenvalue weighted by molar-refractivity contribution is 5.82. The molecule has 154 valence electrons. The van der Waals surface area contributed by atoms with Gasteiger partial charge in [-0.3, -0.25) is 4.99 Å². The molecular formula is C21H20F2N6O. The zero-order valence-electron chi connectivity index (χ0n) is 16.1. The summed E-state index contributed by atoms with van der Waals surface area (Å²) in [6.07, 6.45) is 7.50. The van der Waals surface area contributed by atoms with Crippen LogP contribution in [0.5, 0.6) is 5.75 Å². The van der Waals surface area contributed by atoms with Gasteiger partial charge in [0.15, 0.2) is 17.4 Å². The summed E-state index contributed by atoms with van der Waals surface area (Å²) in [7, 11) is 0. The second kappa shape index (κ2) is 8.06. The van der Waals surface area contributed by atoms with Gasteiger partial charge in [0.05, 0.1) is 29.4 Å². The number of hydrogen-bond donors (Lipinski definition) is 2. The third-order valence-electron chi connectivity index (χ3n) is 4.95. The van der Waals surface area contributed by atoms with Gasteiger partial charge in [0.25, 0.3) is 0 Å². The van der Waals surface area contributed by atoms with Crippen LogP contribution in [0, 0.1) is 28.4 Å². The zero-order valence-corrected chi connectivity index (χ0v) is 16.1. The van der Waals surface area contributed by atoms with Crippen LogP contribution in [0.25, 0.3) is 11.3 Å². The summed E-state index contributed by atoms with van der Waals surface area (Å²) < 4.78 is 34.2. The molecule has 0 unspecified atom stereocenters. The van der Waals surface area contributed by atoms with E-state index in [0.29, 0.717) is 11.7 Å². The van der Waals surface area contributed by atoms with E-state index in [1.54, 1.807) is 6.21 Å². The van der Waals surface area contributed by atoms with Crippen molar-refractivity contribution in [1.82, 2.24) is 9.97 Å². The van der Waals surface area contributed by atoms with Gasteiger partial charge >= 0.3 is 0 Å².